The molecule has 1 heterocycles. The number of aliphatic hydroxyl groups is 1. The van der Waals surface area contributed by atoms with Crippen LogP contribution < -0.4 is 0 Å². The molecule has 0 unspecified atom stereocenters. The summed E-state index contributed by atoms with van der Waals surface area (Å²) in [5.41, 5.74) is 0.464. The van der Waals surface area contributed by atoms with Crippen LogP contribution in [0.1, 0.15) is 16.8 Å². The number of rotatable bonds is 1. The summed E-state index contributed by atoms with van der Waals surface area (Å²) in [5, 5.41) is 10.2. The highest BCUT2D eigenvalue weighted by Gasteiger charge is 2.25. The van der Waals surface area contributed by atoms with E-state index in [0.717, 1.165) is 0 Å². The maximum absolute atomic E-state index is 12.0. The standard InChI is InChI=1S/C11H11Cl2NO2/c12-8-3-7(4-9(13)5-8)11(16)14-2-1-10(15)6-14/h3-5,10,15H,1-2,6H2/t10-/m0/s1. The predicted octanol–water partition coefficient (Wildman–Crippen LogP) is 2.20. The Balaban J connectivity index is 2.20. The van der Waals surface area contributed by atoms with Gasteiger partial charge < -0.3 is 10.0 Å². The monoisotopic (exact) mass is 259 g/mol. The average Bonchev–Trinajstić information content (AvgIpc) is 2.62. The quantitative estimate of drug-likeness (QED) is 0.840. The topological polar surface area (TPSA) is 40.5 Å². The fourth-order valence-corrected chi connectivity index (χ4v) is 2.31. The number of β-amino-alcohol motifs (C(OH)–C–C–N with tert-alkyl or cyclic N) is 1. The number of carbonyl (C=O) groups is 1. The van der Waals surface area contributed by atoms with Gasteiger partial charge in [0, 0.05) is 28.7 Å². The molecule has 0 aliphatic carbocycles. The zero-order chi connectivity index (χ0) is 11.7. The van der Waals surface area contributed by atoms with Crippen molar-refractivity contribution in [2.45, 2.75) is 12.5 Å². The smallest absolute Gasteiger partial charge is 0.254 e. The van der Waals surface area contributed by atoms with Gasteiger partial charge in [-0.3, -0.25) is 4.79 Å². The third-order valence-electron chi connectivity index (χ3n) is 2.56. The molecule has 1 aromatic rings. The summed E-state index contributed by atoms with van der Waals surface area (Å²) in [6, 6.07) is 4.75. The Labute approximate surface area is 104 Å². The molecule has 0 radical (unpaired) electrons. The average molecular weight is 260 g/mol. The molecule has 1 atom stereocenters. The van der Waals surface area contributed by atoms with Crippen molar-refractivity contribution >= 4 is 29.1 Å². The van der Waals surface area contributed by atoms with Crippen LogP contribution in [-0.2, 0) is 0 Å². The van der Waals surface area contributed by atoms with Gasteiger partial charge in [0.25, 0.3) is 5.91 Å². The second kappa shape index (κ2) is 4.62. The predicted molar refractivity (Wildman–Crippen MR) is 63.0 cm³/mol. The Morgan fingerprint density at radius 1 is 1.31 bits per heavy atom. The Morgan fingerprint density at radius 3 is 2.44 bits per heavy atom. The zero-order valence-corrected chi connectivity index (χ0v) is 10.0. The Kier molecular flexibility index (Phi) is 3.38. The lowest BCUT2D eigenvalue weighted by Crippen LogP contribution is -2.29. The summed E-state index contributed by atoms with van der Waals surface area (Å²) in [7, 11) is 0. The number of benzene rings is 1. The van der Waals surface area contributed by atoms with Crippen LogP contribution >= 0.6 is 23.2 Å². The summed E-state index contributed by atoms with van der Waals surface area (Å²) in [6.07, 6.45) is 0.207. The Hall–Kier alpha value is -0.770. The summed E-state index contributed by atoms with van der Waals surface area (Å²) >= 11 is 11.6. The van der Waals surface area contributed by atoms with E-state index in [9.17, 15) is 9.90 Å². The fourth-order valence-electron chi connectivity index (χ4n) is 1.79. The molecule has 16 heavy (non-hydrogen) atoms. The molecule has 3 nitrogen and oxygen atoms in total. The van der Waals surface area contributed by atoms with Gasteiger partial charge >= 0.3 is 0 Å². The lowest BCUT2D eigenvalue weighted by Gasteiger charge is -2.15. The van der Waals surface area contributed by atoms with Crippen LogP contribution in [-0.4, -0.2) is 35.1 Å². The van der Waals surface area contributed by atoms with Crippen molar-refractivity contribution in [2.24, 2.45) is 0 Å². The minimum atomic E-state index is -0.418. The van der Waals surface area contributed by atoms with E-state index in [1.807, 2.05) is 0 Å². The SMILES string of the molecule is O=C(c1cc(Cl)cc(Cl)c1)N1CC[C@H](O)C1. The van der Waals surface area contributed by atoms with E-state index in [-0.39, 0.29) is 5.91 Å². The molecule has 1 amide bonds. The van der Waals surface area contributed by atoms with Crippen molar-refractivity contribution in [3.63, 3.8) is 0 Å². The Bertz CT molecular complexity index is 402. The molecule has 0 spiro atoms. The molecule has 1 aliphatic rings. The summed E-state index contributed by atoms with van der Waals surface area (Å²) in [6.45, 7) is 0.951. The molecular weight excluding hydrogens is 249 g/mol. The molecule has 5 heteroatoms. The molecule has 1 saturated heterocycles. The van der Waals surface area contributed by atoms with Crippen molar-refractivity contribution in [2.75, 3.05) is 13.1 Å². The van der Waals surface area contributed by atoms with E-state index in [1.54, 1.807) is 23.1 Å². The number of hydrogen-bond donors (Lipinski definition) is 1. The van der Waals surface area contributed by atoms with Crippen LogP contribution in [0.3, 0.4) is 0 Å². The largest absolute Gasteiger partial charge is 0.391 e. The molecule has 0 aromatic heterocycles. The number of halogens is 2. The lowest BCUT2D eigenvalue weighted by molar-refractivity contribution is 0.0765. The molecule has 1 aliphatic heterocycles. The maximum atomic E-state index is 12.0. The van der Waals surface area contributed by atoms with Crippen LogP contribution in [0.25, 0.3) is 0 Å². The van der Waals surface area contributed by atoms with Gasteiger partial charge in [0.15, 0.2) is 0 Å². The van der Waals surface area contributed by atoms with Gasteiger partial charge in [-0.1, -0.05) is 23.2 Å². The highest BCUT2D eigenvalue weighted by atomic mass is 35.5. The summed E-state index contributed by atoms with van der Waals surface area (Å²) < 4.78 is 0. The van der Waals surface area contributed by atoms with E-state index in [0.29, 0.717) is 35.1 Å². The second-order valence-corrected chi connectivity index (χ2v) is 4.72. The van der Waals surface area contributed by atoms with E-state index in [4.69, 9.17) is 23.2 Å². The number of amides is 1. The highest BCUT2D eigenvalue weighted by molar-refractivity contribution is 6.35. The molecule has 0 saturated carbocycles. The first kappa shape index (κ1) is 11.7. The lowest BCUT2D eigenvalue weighted by atomic mass is 10.2. The van der Waals surface area contributed by atoms with E-state index in [1.165, 1.54) is 0 Å². The molecule has 2 rings (SSSR count). The van der Waals surface area contributed by atoms with Crippen molar-refractivity contribution in [1.29, 1.82) is 0 Å². The van der Waals surface area contributed by atoms with E-state index >= 15 is 0 Å². The van der Waals surface area contributed by atoms with Gasteiger partial charge in [-0.15, -0.1) is 0 Å². The van der Waals surface area contributed by atoms with Gasteiger partial charge in [-0.05, 0) is 24.6 Å². The van der Waals surface area contributed by atoms with E-state index in [2.05, 4.69) is 0 Å². The molecular formula is C11H11Cl2NO2. The molecule has 1 aromatic carbocycles. The molecule has 1 N–H and O–H groups in total. The number of nitrogens with zero attached hydrogens (tertiary/aromatic N) is 1. The van der Waals surface area contributed by atoms with Crippen molar-refractivity contribution in [1.82, 2.24) is 4.90 Å². The van der Waals surface area contributed by atoms with Crippen molar-refractivity contribution < 1.29 is 9.90 Å². The van der Waals surface area contributed by atoms with Gasteiger partial charge in [-0.2, -0.15) is 0 Å². The van der Waals surface area contributed by atoms with Gasteiger partial charge in [-0.25, -0.2) is 0 Å². The fraction of sp³-hybridized carbons (Fsp3) is 0.364. The third kappa shape index (κ3) is 2.48. The van der Waals surface area contributed by atoms with Gasteiger partial charge in [0.05, 0.1) is 6.10 Å². The number of carbonyl (C=O) groups excluding carboxylic acids is 1. The first-order valence-electron chi connectivity index (χ1n) is 4.99. The zero-order valence-electron chi connectivity index (χ0n) is 8.49. The highest BCUT2D eigenvalue weighted by Crippen LogP contribution is 2.21. The third-order valence-corrected chi connectivity index (χ3v) is 3.00. The number of aliphatic hydroxyl groups excluding tert-OH is 1. The van der Waals surface area contributed by atoms with Gasteiger partial charge in [0.1, 0.15) is 0 Å². The van der Waals surface area contributed by atoms with Crippen LogP contribution in [0.2, 0.25) is 10.0 Å². The second-order valence-electron chi connectivity index (χ2n) is 3.85. The van der Waals surface area contributed by atoms with Crippen LogP contribution in [0.4, 0.5) is 0 Å². The van der Waals surface area contributed by atoms with Crippen LogP contribution in [0.15, 0.2) is 18.2 Å². The Morgan fingerprint density at radius 2 is 1.94 bits per heavy atom. The maximum Gasteiger partial charge on any atom is 0.254 e. The normalized spacial score (nSPS) is 20.2. The number of hydrogen-bond acceptors (Lipinski definition) is 2. The minimum Gasteiger partial charge on any atom is -0.391 e. The molecule has 86 valence electrons. The minimum absolute atomic E-state index is 0.138. The molecule has 1 fully saturated rings. The van der Waals surface area contributed by atoms with Gasteiger partial charge in [0.2, 0.25) is 0 Å². The number of likely N-dealkylation sites (tertiary alicyclic amines) is 1. The van der Waals surface area contributed by atoms with Crippen molar-refractivity contribution in [3.05, 3.63) is 33.8 Å². The molecule has 0 bridgehead atoms. The van der Waals surface area contributed by atoms with Crippen LogP contribution in [0, 0.1) is 0 Å². The van der Waals surface area contributed by atoms with Crippen LogP contribution in [0.5, 0.6) is 0 Å². The van der Waals surface area contributed by atoms with E-state index < -0.39 is 6.10 Å². The van der Waals surface area contributed by atoms with Crippen molar-refractivity contribution in [3.8, 4) is 0 Å². The first-order valence-corrected chi connectivity index (χ1v) is 5.75. The first-order chi connectivity index (χ1) is 7.56. The summed E-state index contributed by atoms with van der Waals surface area (Å²) in [5.74, 6) is -0.138. The summed E-state index contributed by atoms with van der Waals surface area (Å²) in [4.78, 5) is 13.6.